The van der Waals surface area contributed by atoms with E-state index in [0.29, 0.717) is 12.8 Å². The Morgan fingerprint density at radius 3 is 1.95 bits per heavy atom. The minimum atomic E-state index is -1.10. The fraction of sp³-hybridized carbons (Fsp3) is 0.375. The first-order valence-corrected chi connectivity index (χ1v) is 13.4. The predicted octanol–water partition coefficient (Wildman–Crippen LogP) is 6.27. The average molecular weight is 533 g/mol. The van der Waals surface area contributed by atoms with Gasteiger partial charge in [-0.25, -0.2) is 9.59 Å². The van der Waals surface area contributed by atoms with Crippen LogP contribution in [0.5, 0.6) is 0 Å². The van der Waals surface area contributed by atoms with E-state index in [1.54, 1.807) is 25.7 Å². The van der Waals surface area contributed by atoms with Crippen LogP contribution in [0.15, 0.2) is 91.0 Å². The Morgan fingerprint density at radius 2 is 1.41 bits per heavy atom. The normalized spacial score (nSPS) is 13.6. The van der Waals surface area contributed by atoms with E-state index in [1.165, 1.54) is 0 Å². The van der Waals surface area contributed by atoms with Gasteiger partial charge < -0.3 is 19.9 Å². The predicted molar refractivity (Wildman–Crippen MR) is 152 cm³/mol. The lowest BCUT2D eigenvalue weighted by Crippen LogP contribution is -2.52. The fourth-order valence-electron chi connectivity index (χ4n) is 4.38. The molecule has 0 fully saturated rings. The van der Waals surface area contributed by atoms with Gasteiger partial charge in [0.2, 0.25) is 0 Å². The average Bonchev–Trinajstić information content (AvgIpc) is 2.92. The molecule has 7 heteroatoms. The Kier molecular flexibility index (Phi) is 10.9. The summed E-state index contributed by atoms with van der Waals surface area (Å²) >= 11 is 0. The molecule has 0 aliphatic heterocycles. The molecule has 3 rings (SSSR count). The molecular formula is C32H40N2O5. The van der Waals surface area contributed by atoms with E-state index in [4.69, 9.17) is 9.47 Å². The Morgan fingerprint density at radius 1 is 0.872 bits per heavy atom. The number of rotatable bonds is 11. The lowest BCUT2D eigenvalue weighted by atomic mass is 9.98. The van der Waals surface area contributed by atoms with E-state index >= 15 is 0 Å². The van der Waals surface area contributed by atoms with Crippen LogP contribution in [0.2, 0.25) is 0 Å². The van der Waals surface area contributed by atoms with Crippen LogP contribution in [0.4, 0.5) is 9.59 Å². The molecule has 0 saturated carbocycles. The van der Waals surface area contributed by atoms with Crippen molar-refractivity contribution in [1.82, 2.24) is 10.2 Å². The SMILES string of the molecule is CC[C@@H](c1ccccc1)N(C[C@@H](O)[C@H](Cc1ccccc1)NC(=O)OC(C)(C)C)C(=O)OCc1ccccc1. The molecule has 3 aromatic carbocycles. The van der Waals surface area contributed by atoms with Gasteiger partial charge in [-0.05, 0) is 50.3 Å². The van der Waals surface area contributed by atoms with Crippen molar-refractivity contribution in [2.75, 3.05) is 6.54 Å². The number of nitrogens with one attached hydrogen (secondary N) is 1. The summed E-state index contributed by atoms with van der Waals surface area (Å²) in [6.07, 6.45) is -1.30. The number of carbonyl (C=O) groups excluding carboxylic acids is 2. The number of nitrogens with zero attached hydrogens (tertiary/aromatic N) is 1. The zero-order chi connectivity index (χ0) is 28.3. The Labute approximate surface area is 231 Å². The molecule has 0 saturated heterocycles. The second-order valence-electron chi connectivity index (χ2n) is 10.5. The summed E-state index contributed by atoms with van der Waals surface area (Å²) in [5, 5.41) is 14.3. The summed E-state index contributed by atoms with van der Waals surface area (Å²) in [4.78, 5) is 27.8. The quantitative estimate of drug-likeness (QED) is 0.304. The number of hydrogen-bond donors (Lipinski definition) is 2. The van der Waals surface area contributed by atoms with E-state index < -0.39 is 29.9 Å². The molecule has 39 heavy (non-hydrogen) atoms. The Bertz CT molecular complexity index is 1150. The second kappa shape index (κ2) is 14.4. The molecular weight excluding hydrogens is 492 g/mol. The van der Waals surface area contributed by atoms with Crippen LogP contribution in [-0.2, 0) is 22.5 Å². The van der Waals surface area contributed by atoms with E-state index in [0.717, 1.165) is 16.7 Å². The Hall–Kier alpha value is -3.84. The number of aliphatic hydroxyl groups is 1. The topological polar surface area (TPSA) is 88.1 Å². The van der Waals surface area contributed by atoms with Crippen LogP contribution in [0.3, 0.4) is 0 Å². The van der Waals surface area contributed by atoms with Crippen molar-refractivity contribution in [2.24, 2.45) is 0 Å². The molecule has 3 atom stereocenters. The number of ether oxygens (including phenoxy) is 2. The van der Waals surface area contributed by atoms with E-state index in [9.17, 15) is 14.7 Å². The minimum absolute atomic E-state index is 0.0473. The summed E-state index contributed by atoms with van der Waals surface area (Å²) in [6, 6.07) is 27.7. The zero-order valence-electron chi connectivity index (χ0n) is 23.2. The van der Waals surface area contributed by atoms with Crippen LogP contribution in [-0.4, -0.2) is 46.5 Å². The third-order valence-corrected chi connectivity index (χ3v) is 6.24. The van der Waals surface area contributed by atoms with Crippen molar-refractivity contribution in [2.45, 2.75) is 70.9 Å². The molecule has 0 aliphatic carbocycles. The van der Waals surface area contributed by atoms with Gasteiger partial charge in [-0.1, -0.05) is 97.9 Å². The number of carbonyl (C=O) groups is 2. The first kappa shape index (κ1) is 29.7. The maximum absolute atomic E-state index is 13.5. The summed E-state index contributed by atoms with van der Waals surface area (Å²) in [6.45, 7) is 7.40. The molecule has 208 valence electrons. The van der Waals surface area contributed by atoms with Crippen molar-refractivity contribution in [3.8, 4) is 0 Å². The van der Waals surface area contributed by atoms with Crippen molar-refractivity contribution in [3.05, 3.63) is 108 Å². The second-order valence-corrected chi connectivity index (χ2v) is 10.5. The molecule has 0 radical (unpaired) electrons. The van der Waals surface area contributed by atoms with E-state index in [1.807, 2.05) is 97.9 Å². The third kappa shape index (κ3) is 9.76. The van der Waals surface area contributed by atoms with Gasteiger partial charge in [0.15, 0.2) is 0 Å². The molecule has 0 spiro atoms. The number of amides is 2. The monoisotopic (exact) mass is 532 g/mol. The summed E-state index contributed by atoms with van der Waals surface area (Å²) in [7, 11) is 0. The summed E-state index contributed by atoms with van der Waals surface area (Å²) < 4.78 is 11.2. The highest BCUT2D eigenvalue weighted by Crippen LogP contribution is 2.26. The van der Waals surface area contributed by atoms with Gasteiger partial charge in [0.25, 0.3) is 0 Å². The van der Waals surface area contributed by atoms with Crippen molar-refractivity contribution >= 4 is 12.2 Å². The van der Waals surface area contributed by atoms with Crippen molar-refractivity contribution < 1.29 is 24.2 Å². The van der Waals surface area contributed by atoms with Gasteiger partial charge >= 0.3 is 12.2 Å². The number of alkyl carbamates (subject to hydrolysis) is 1. The largest absolute Gasteiger partial charge is 0.445 e. The molecule has 2 N–H and O–H groups in total. The van der Waals surface area contributed by atoms with Gasteiger partial charge in [-0.15, -0.1) is 0 Å². The molecule has 0 unspecified atom stereocenters. The summed E-state index contributed by atoms with van der Waals surface area (Å²) in [5.74, 6) is 0. The Balaban J connectivity index is 1.85. The van der Waals surface area contributed by atoms with Crippen molar-refractivity contribution in [1.29, 1.82) is 0 Å². The van der Waals surface area contributed by atoms with E-state index in [-0.39, 0.29) is 19.2 Å². The maximum atomic E-state index is 13.5. The lowest BCUT2D eigenvalue weighted by Gasteiger charge is -2.35. The molecule has 2 amide bonds. The van der Waals surface area contributed by atoms with Gasteiger partial charge in [0, 0.05) is 0 Å². The highest BCUT2D eigenvalue weighted by atomic mass is 16.6. The smallest absolute Gasteiger partial charge is 0.410 e. The van der Waals surface area contributed by atoms with Crippen LogP contribution in [0.25, 0.3) is 0 Å². The standard InChI is InChI=1S/C32H40N2O5/c1-5-28(26-19-13-8-14-20-26)34(31(37)38-23-25-17-11-7-12-18-25)22-29(35)27(21-24-15-9-6-10-16-24)33-30(36)39-32(2,3)4/h6-20,27-29,35H,5,21-23H2,1-4H3,(H,33,36)/t27-,28-,29+/m0/s1. The first-order valence-electron chi connectivity index (χ1n) is 13.4. The van der Waals surface area contributed by atoms with Gasteiger partial charge in [0.1, 0.15) is 12.2 Å². The van der Waals surface area contributed by atoms with Crippen LogP contribution in [0, 0.1) is 0 Å². The number of hydrogen-bond acceptors (Lipinski definition) is 5. The van der Waals surface area contributed by atoms with Crippen molar-refractivity contribution in [3.63, 3.8) is 0 Å². The number of benzene rings is 3. The van der Waals surface area contributed by atoms with Gasteiger partial charge in [-0.2, -0.15) is 0 Å². The third-order valence-electron chi connectivity index (χ3n) is 6.24. The highest BCUT2D eigenvalue weighted by molar-refractivity contribution is 5.69. The van der Waals surface area contributed by atoms with Gasteiger partial charge in [0.05, 0.1) is 24.7 Å². The molecule has 3 aromatic rings. The summed E-state index contributed by atoms with van der Waals surface area (Å²) in [5.41, 5.74) is 2.04. The van der Waals surface area contributed by atoms with E-state index in [2.05, 4.69) is 5.32 Å². The molecule has 0 bridgehead atoms. The zero-order valence-corrected chi connectivity index (χ0v) is 23.2. The molecule has 0 heterocycles. The highest BCUT2D eigenvalue weighted by Gasteiger charge is 2.32. The van der Waals surface area contributed by atoms with Crippen LogP contribution >= 0.6 is 0 Å². The van der Waals surface area contributed by atoms with Crippen LogP contribution in [0.1, 0.15) is 56.8 Å². The van der Waals surface area contributed by atoms with Gasteiger partial charge in [-0.3, -0.25) is 4.90 Å². The molecule has 0 aliphatic rings. The number of aliphatic hydroxyl groups excluding tert-OH is 1. The van der Waals surface area contributed by atoms with Crippen LogP contribution < -0.4 is 5.32 Å². The maximum Gasteiger partial charge on any atom is 0.410 e. The fourth-order valence-corrected chi connectivity index (χ4v) is 4.38. The molecule has 0 aromatic heterocycles. The first-order chi connectivity index (χ1) is 18.7. The minimum Gasteiger partial charge on any atom is -0.445 e. The lowest BCUT2D eigenvalue weighted by molar-refractivity contribution is 0.0261. The molecule has 7 nitrogen and oxygen atoms in total.